The predicted molar refractivity (Wildman–Crippen MR) is 43.1 cm³/mol. The number of nitrogens with two attached hydrogens (primary N) is 1. The third-order valence-corrected chi connectivity index (χ3v) is 1.75. The maximum absolute atomic E-state index is 12.9. The molecule has 1 heterocycles. The summed E-state index contributed by atoms with van der Waals surface area (Å²) >= 11 is 5.32. The lowest BCUT2D eigenvalue weighted by atomic mass is 10.2. The highest BCUT2D eigenvalue weighted by Crippen LogP contribution is 2.23. The third-order valence-electron chi connectivity index (χ3n) is 1.49. The number of pyridine rings is 1. The first-order valence-corrected chi connectivity index (χ1v) is 3.88. The average molecular weight is 211 g/mol. The first kappa shape index (κ1) is 10.1. The Morgan fingerprint density at radius 1 is 1.54 bits per heavy atom. The zero-order valence-electron chi connectivity index (χ0n) is 6.40. The molecule has 0 saturated carbocycles. The van der Waals surface area contributed by atoms with Crippen molar-refractivity contribution < 1.29 is 13.2 Å². The van der Waals surface area contributed by atoms with Crippen molar-refractivity contribution in [1.29, 1.82) is 0 Å². The van der Waals surface area contributed by atoms with E-state index >= 15 is 0 Å². The van der Waals surface area contributed by atoms with Crippen molar-refractivity contribution in [2.75, 3.05) is 5.73 Å². The van der Waals surface area contributed by atoms with Crippen LogP contribution in [0.2, 0.25) is 0 Å². The van der Waals surface area contributed by atoms with Crippen LogP contribution < -0.4 is 5.73 Å². The van der Waals surface area contributed by atoms with Gasteiger partial charge >= 0.3 is 0 Å². The minimum atomic E-state index is -2.83. The molecule has 6 heteroatoms. The number of alkyl halides is 3. The molecule has 72 valence electrons. The molecule has 0 aromatic carbocycles. The van der Waals surface area contributed by atoms with Crippen LogP contribution in [0, 0.1) is 5.95 Å². The van der Waals surface area contributed by atoms with Crippen molar-refractivity contribution >= 4 is 17.3 Å². The number of hydrogen-bond donors (Lipinski definition) is 1. The van der Waals surface area contributed by atoms with Crippen LogP contribution in [0.5, 0.6) is 0 Å². The maximum Gasteiger partial charge on any atom is 0.280 e. The van der Waals surface area contributed by atoms with E-state index < -0.39 is 18.1 Å². The predicted octanol–water partition coefficient (Wildman–Crippen LogP) is 2.48. The highest BCUT2D eigenvalue weighted by atomic mass is 35.5. The molecule has 1 rings (SSSR count). The molecule has 0 aliphatic carbocycles. The topological polar surface area (TPSA) is 38.9 Å². The number of rotatable bonds is 2. The largest absolute Gasteiger partial charge is 0.398 e. The summed E-state index contributed by atoms with van der Waals surface area (Å²) in [5, 5.41) is 0. The van der Waals surface area contributed by atoms with Crippen LogP contribution in [0.4, 0.5) is 18.9 Å². The van der Waals surface area contributed by atoms with E-state index in [-0.39, 0.29) is 17.1 Å². The number of aromatic nitrogens is 1. The molecule has 0 aliphatic heterocycles. The van der Waals surface area contributed by atoms with Crippen LogP contribution in [0.25, 0.3) is 0 Å². The van der Waals surface area contributed by atoms with Gasteiger partial charge in [-0.05, 0) is 6.07 Å². The van der Waals surface area contributed by atoms with Crippen LogP contribution in [0.15, 0.2) is 6.07 Å². The van der Waals surface area contributed by atoms with Crippen LogP contribution in [0.3, 0.4) is 0 Å². The minimum Gasteiger partial charge on any atom is -0.398 e. The Labute approximate surface area is 77.5 Å². The SMILES string of the molecule is Nc1cc(C(F)F)nc(F)c1CCl. The molecule has 0 amide bonds. The van der Waals surface area contributed by atoms with Gasteiger partial charge < -0.3 is 5.73 Å². The number of hydrogen-bond acceptors (Lipinski definition) is 2. The molecule has 13 heavy (non-hydrogen) atoms. The van der Waals surface area contributed by atoms with Crippen LogP contribution >= 0.6 is 11.6 Å². The normalized spacial score (nSPS) is 10.8. The molecular weight excluding hydrogens is 205 g/mol. The molecule has 0 bridgehead atoms. The number of halogens is 4. The van der Waals surface area contributed by atoms with Crippen molar-refractivity contribution in [2.24, 2.45) is 0 Å². The molecule has 0 unspecified atom stereocenters. The lowest BCUT2D eigenvalue weighted by molar-refractivity contribution is 0.145. The molecule has 0 fully saturated rings. The van der Waals surface area contributed by atoms with E-state index in [4.69, 9.17) is 17.3 Å². The fourth-order valence-corrected chi connectivity index (χ4v) is 1.09. The summed E-state index contributed by atoms with van der Waals surface area (Å²) in [4.78, 5) is 3.02. The summed E-state index contributed by atoms with van der Waals surface area (Å²) in [5.74, 6) is -1.22. The molecule has 1 aromatic rings. The molecule has 1 aromatic heterocycles. The van der Waals surface area contributed by atoms with E-state index in [2.05, 4.69) is 4.98 Å². The Hall–Kier alpha value is -0.970. The van der Waals surface area contributed by atoms with Gasteiger partial charge in [0.1, 0.15) is 5.69 Å². The highest BCUT2D eigenvalue weighted by molar-refractivity contribution is 6.17. The van der Waals surface area contributed by atoms with Crippen LogP contribution in [0.1, 0.15) is 17.7 Å². The third kappa shape index (κ3) is 2.03. The maximum atomic E-state index is 12.9. The molecule has 2 N–H and O–H groups in total. The quantitative estimate of drug-likeness (QED) is 0.602. The minimum absolute atomic E-state index is 0.0499. The second-order valence-electron chi connectivity index (χ2n) is 2.34. The Morgan fingerprint density at radius 3 is 2.54 bits per heavy atom. The van der Waals surface area contributed by atoms with Gasteiger partial charge in [-0.15, -0.1) is 11.6 Å². The van der Waals surface area contributed by atoms with Gasteiger partial charge in [-0.25, -0.2) is 13.8 Å². The van der Waals surface area contributed by atoms with Gasteiger partial charge in [0.05, 0.1) is 5.88 Å². The molecule has 0 saturated heterocycles. The van der Waals surface area contributed by atoms with Crippen molar-refractivity contribution in [1.82, 2.24) is 4.98 Å². The zero-order chi connectivity index (χ0) is 10.0. The van der Waals surface area contributed by atoms with Crippen molar-refractivity contribution in [3.8, 4) is 0 Å². The standard InChI is InChI=1S/C7H6ClF3N2/c8-2-3-4(12)1-5(6(9)10)13-7(3)11/h1,6H,2H2,(H2,12,13). The summed E-state index contributed by atoms with van der Waals surface area (Å²) in [6.07, 6.45) is -2.83. The highest BCUT2D eigenvalue weighted by Gasteiger charge is 2.15. The fourth-order valence-electron chi connectivity index (χ4n) is 0.823. The van der Waals surface area contributed by atoms with Crippen molar-refractivity contribution in [3.05, 3.63) is 23.3 Å². The number of nitrogens with zero attached hydrogens (tertiary/aromatic N) is 1. The fraction of sp³-hybridized carbons (Fsp3) is 0.286. The van der Waals surface area contributed by atoms with Gasteiger partial charge in [0.2, 0.25) is 5.95 Å². The summed E-state index contributed by atoms with van der Waals surface area (Å²) < 4.78 is 37.0. The lowest BCUT2D eigenvalue weighted by Crippen LogP contribution is -2.03. The summed E-state index contributed by atoms with van der Waals surface area (Å²) in [5.41, 5.74) is 4.45. The molecular formula is C7H6ClF3N2. The molecule has 0 aliphatic rings. The molecule has 0 radical (unpaired) electrons. The Bertz CT molecular complexity index is 294. The van der Waals surface area contributed by atoms with E-state index in [0.29, 0.717) is 0 Å². The lowest BCUT2D eigenvalue weighted by Gasteiger charge is -2.05. The first-order chi connectivity index (χ1) is 6.06. The van der Waals surface area contributed by atoms with E-state index in [1.807, 2.05) is 0 Å². The van der Waals surface area contributed by atoms with E-state index in [9.17, 15) is 13.2 Å². The van der Waals surface area contributed by atoms with Gasteiger partial charge in [0.25, 0.3) is 6.43 Å². The summed E-state index contributed by atoms with van der Waals surface area (Å²) in [7, 11) is 0. The number of nitrogen functional groups attached to an aromatic ring is 1. The Balaban J connectivity index is 3.20. The van der Waals surface area contributed by atoms with E-state index in [1.54, 1.807) is 0 Å². The van der Waals surface area contributed by atoms with E-state index in [1.165, 1.54) is 0 Å². The van der Waals surface area contributed by atoms with Crippen molar-refractivity contribution in [2.45, 2.75) is 12.3 Å². The monoisotopic (exact) mass is 210 g/mol. The van der Waals surface area contributed by atoms with Crippen LogP contribution in [-0.4, -0.2) is 4.98 Å². The Kier molecular flexibility index (Phi) is 2.98. The van der Waals surface area contributed by atoms with Crippen LogP contribution in [-0.2, 0) is 5.88 Å². The molecule has 2 nitrogen and oxygen atoms in total. The first-order valence-electron chi connectivity index (χ1n) is 3.35. The molecule has 0 spiro atoms. The van der Waals surface area contributed by atoms with Gasteiger partial charge in [0, 0.05) is 11.3 Å². The molecule has 0 atom stereocenters. The Morgan fingerprint density at radius 2 is 2.15 bits per heavy atom. The summed E-state index contributed by atoms with van der Waals surface area (Å²) in [6.45, 7) is 0. The second kappa shape index (κ2) is 3.83. The van der Waals surface area contributed by atoms with Gasteiger partial charge in [0.15, 0.2) is 0 Å². The average Bonchev–Trinajstić information content (AvgIpc) is 2.03. The van der Waals surface area contributed by atoms with Gasteiger partial charge in [-0.1, -0.05) is 0 Å². The van der Waals surface area contributed by atoms with Gasteiger partial charge in [-0.2, -0.15) is 4.39 Å². The smallest absolute Gasteiger partial charge is 0.280 e. The van der Waals surface area contributed by atoms with Gasteiger partial charge in [-0.3, -0.25) is 0 Å². The second-order valence-corrected chi connectivity index (χ2v) is 2.61. The van der Waals surface area contributed by atoms with E-state index in [0.717, 1.165) is 6.07 Å². The summed E-state index contributed by atoms with van der Waals surface area (Å²) in [6, 6.07) is 0.922. The number of anilines is 1. The van der Waals surface area contributed by atoms with Crippen molar-refractivity contribution in [3.63, 3.8) is 0 Å². The zero-order valence-corrected chi connectivity index (χ0v) is 7.15.